The minimum absolute atomic E-state index is 0. The van der Waals surface area contributed by atoms with Crippen molar-refractivity contribution in [2.45, 2.75) is 72.1 Å². The summed E-state index contributed by atoms with van der Waals surface area (Å²) in [6, 6.07) is 0. The number of unbranched alkanes of at least 4 members (excludes halogenated alkanes) is 1. The molecule has 2 heterocycles. The van der Waals surface area contributed by atoms with Crippen LogP contribution < -0.4 is 11.1 Å². The molecule has 2 aliphatic heterocycles. The molecule has 0 bridgehead atoms. The molecule has 7 heteroatoms. The first kappa shape index (κ1) is 26.5. The van der Waals surface area contributed by atoms with Gasteiger partial charge in [-0.25, -0.2) is 0 Å². The maximum Gasteiger partial charge on any atom is 0.220 e. The van der Waals surface area contributed by atoms with E-state index in [1.807, 2.05) is 0 Å². The number of nitrogens with two attached hydrogens (primary N) is 1. The van der Waals surface area contributed by atoms with Crippen LogP contribution in [0.2, 0.25) is 0 Å². The lowest BCUT2D eigenvalue weighted by atomic mass is 9.78. The lowest BCUT2D eigenvalue weighted by molar-refractivity contribution is -0.123. The molecule has 2 saturated heterocycles. The zero-order valence-electron chi connectivity index (χ0n) is 18.9. The maximum atomic E-state index is 11.3. The zero-order valence-corrected chi connectivity index (χ0v) is 21.2. The van der Waals surface area contributed by atoms with E-state index >= 15 is 0 Å². The summed E-state index contributed by atoms with van der Waals surface area (Å²) in [4.78, 5) is 21.1. The molecule has 1 amide bonds. The Morgan fingerprint density at radius 1 is 1.21 bits per heavy atom. The average molecular weight is 522 g/mol. The minimum atomic E-state index is -0.127. The summed E-state index contributed by atoms with van der Waals surface area (Å²) in [5, 5.41) is 3.51. The second kappa shape index (κ2) is 13.7. The highest BCUT2D eigenvalue weighted by Crippen LogP contribution is 2.33. The summed E-state index contributed by atoms with van der Waals surface area (Å²) in [7, 11) is 0. The van der Waals surface area contributed by atoms with Crippen molar-refractivity contribution in [3.05, 3.63) is 0 Å². The van der Waals surface area contributed by atoms with Crippen LogP contribution in [0.3, 0.4) is 0 Å². The summed E-state index contributed by atoms with van der Waals surface area (Å²) in [6.45, 7) is 14.1. The first-order valence-electron chi connectivity index (χ1n) is 11.5. The number of carbonyl (C=O) groups is 1. The minimum Gasteiger partial charge on any atom is -0.369 e. The molecule has 2 aliphatic rings. The van der Waals surface area contributed by atoms with E-state index in [1.54, 1.807) is 0 Å². The van der Waals surface area contributed by atoms with Crippen LogP contribution in [0.1, 0.15) is 72.1 Å². The molecule has 1 atom stereocenters. The standard InChI is InChI=1S/C22H43N5O.HI/c1-4-11-22(3)12-8-15-27(18-22)21(24-5-2)25-13-6-7-14-26-16-9-19(10-17-26)20(23)28;/h19H,4-18H2,1-3H3,(H2,23,28)(H,24,25);1H. The molecule has 0 spiro atoms. The SMILES string of the molecule is CCCC1(C)CCCN(C(=NCCCCN2CCC(C(N)=O)CC2)NCC)C1.I. The van der Waals surface area contributed by atoms with Crippen molar-refractivity contribution in [3.8, 4) is 0 Å². The number of amides is 1. The van der Waals surface area contributed by atoms with Gasteiger partial charge in [0.1, 0.15) is 0 Å². The van der Waals surface area contributed by atoms with E-state index in [9.17, 15) is 4.79 Å². The highest BCUT2D eigenvalue weighted by molar-refractivity contribution is 14.0. The van der Waals surface area contributed by atoms with Gasteiger partial charge >= 0.3 is 0 Å². The lowest BCUT2D eigenvalue weighted by Gasteiger charge is -2.42. The third-order valence-corrected chi connectivity index (χ3v) is 6.40. The lowest BCUT2D eigenvalue weighted by Crippen LogP contribution is -2.49. The molecule has 29 heavy (non-hydrogen) atoms. The molecule has 6 nitrogen and oxygen atoms in total. The molecule has 2 rings (SSSR count). The topological polar surface area (TPSA) is 74.0 Å². The van der Waals surface area contributed by atoms with Crippen LogP contribution in [0.5, 0.6) is 0 Å². The van der Waals surface area contributed by atoms with E-state index in [2.05, 4.69) is 35.9 Å². The first-order chi connectivity index (χ1) is 13.5. The van der Waals surface area contributed by atoms with Gasteiger partial charge in [-0.1, -0.05) is 20.3 Å². The van der Waals surface area contributed by atoms with Gasteiger partial charge in [-0.3, -0.25) is 9.79 Å². The van der Waals surface area contributed by atoms with Crippen LogP contribution in [0, 0.1) is 11.3 Å². The fourth-order valence-corrected chi connectivity index (χ4v) is 4.80. The first-order valence-corrected chi connectivity index (χ1v) is 11.5. The highest BCUT2D eigenvalue weighted by atomic mass is 127. The summed E-state index contributed by atoms with van der Waals surface area (Å²) < 4.78 is 0. The summed E-state index contributed by atoms with van der Waals surface area (Å²) >= 11 is 0. The fraction of sp³-hybridized carbons (Fsp3) is 0.909. The number of nitrogens with zero attached hydrogens (tertiary/aromatic N) is 3. The molecule has 0 radical (unpaired) electrons. The van der Waals surface area contributed by atoms with Gasteiger partial charge in [-0.2, -0.15) is 0 Å². The molecule has 170 valence electrons. The van der Waals surface area contributed by atoms with Crippen molar-refractivity contribution >= 4 is 35.8 Å². The fourth-order valence-electron chi connectivity index (χ4n) is 4.80. The van der Waals surface area contributed by atoms with Gasteiger partial charge in [0.2, 0.25) is 5.91 Å². The normalized spacial score (nSPS) is 24.2. The second-order valence-electron chi connectivity index (χ2n) is 9.05. The van der Waals surface area contributed by atoms with Crippen LogP contribution in [-0.4, -0.2) is 67.5 Å². The molecule has 1 unspecified atom stereocenters. The second-order valence-corrected chi connectivity index (χ2v) is 9.05. The number of likely N-dealkylation sites (tertiary alicyclic amines) is 2. The zero-order chi connectivity index (χ0) is 20.4. The number of primary amides is 1. The smallest absolute Gasteiger partial charge is 0.220 e. The van der Waals surface area contributed by atoms with Crippen molar-refractivity contribution in [2.75, 3.05) is 45.8 Å². The van der Waals surface area contributed by atoms with E-state index in [0.717, 1.165) is 77.5 Å². The number of aliphatic imine (C=N–C) groups is 1. The van der Waals surface area contributed by atoms with Crippen LogP contribution in [0.4, 0.5) is 0 Å². The van der Waals surface area contributed by atoms with Gasteiger partial charge in [0, 0.05) is 32.1 Å². The third kappa shape index (κ3) is 8.99. The molecule has 0 saturated carbocycles. The summed E-state index contributed by atoms with van der Waals surface area (Å²) in [5.41, 5.74) is 5.85. The predicted molar refractivity (Wildman–Crippen MR) is 133 cm³/mol. The maximum absolute atomic E-state index is 11.3. The Bertz CT molecular complexity index is 503. The van der Waals surface area contributed by atoms with E-state index in [1.165, 1.54) is 25.7 Å². The quantitative estimate of drug-likeness (QED) is 0.211. The van der Waals surface area contributed by atoms with Crippen molar-refractivity contribution in [2.24, 2.45) is 22.1 Å². The molecule has 2 fully saturated rings. The average Bonchev–Trinajstić information content (AvgIpc) is 2.67. The Kier molecular flexibility index (Phi) is 12.5. The van der Waals surface area contributed by atoms with Crippen LogP contribution in [0.25, 0.3) is 0 Å². The Balaban J connectivity index is 0.00000420. The number of guanidine groups is 1. The van der Waals surface area contributed by atoms with Crippen LogP contribution in [0.15, 0.2) is 4.99 Å². The molecular formula is C22H44IN5O. The van der Waals surface area contributed by atoms with Gasteiger partial charge in [0.05, 0.1) is 0 Å². The summed E-state index contributed by atoms with van der Waals surface area (Å²) in [6.07, 6.45) is 9.28. The summed E-state index contributed by atoms with van der Waals surface area (Å²) in [5.74, 6) is 1.07. The monoisotopic (exact) mass is 521 g/mol. The van der Waals surface area contributed by atoms with Gasteiger partial charge in [0.25, 0.3) is 0 Å². The Morgan fingerprint density at radius 2 is 1.93 bits per heavy atom. The van der Waals surface area contributed by atoms with Crippen molar-refractivity contribution in [1.82, 2.24) is 15.1 Å². The largest absolute Gasteiger partial charge is 0.369 e. The van der Waals surface area contributed by atoms with Crippen LogP contribution >= 0.6 is 24.0 Å². The predicted octanol–water partition coefficient (Wildman–Crippen LogP) is 3.45. The van der Waals surface area contributed by atoms with Gasteiger partial charge < -0.3 is 20.9 Å². The van der Waals surface area contributed by atoms with Crippen molar-refractivity contribution < 1.29 is 4.79 Å². The third-order valence-electron chi connectivity index (χ3n) is 6.40. The number of carbonyl (C=O) groups excluding carboxylic acids is 1. The van der Waals surface area contributed by atoms with Crippen LogP contribution in [-0.2, 0) is 4.79 Å². The van der Waals surface area contributed by atoms with E-state index < -0.39 is 0 Å². The molecule has 3 N–H and O–H groups in total. The number of piperidine rings is 2. The highest BCUT2D eigenvalue weighted by Gasteiger charge is 2.31. The van der Waals surface area contributed by atoms with Gasteiger partial charge in [-0.15, -0.1) is 24.0 Å². The Morgan fingerprint density at radius 3 is 2.55 bits per heavy atom. The van der Waals surface area contributed by atoms with E-state index in [4.69, 9.17) is 10.7 Å². The molecular weight excluding hydrogens is 477 g/mol. The molecule has 0 aromatic rings. The number of rotatable bonds is 9. The van der Waals surface area contributed by atoms with E-state index in [0.29, 0.717) is 5.41 Å². The Hall–Kier alpha value is -0.570. The molecule has 0 aromatic carbocycles. The number of hydrogen-bond acceptors (Lipinski definition) is 3. The number of halogens is 1. The van der Waals surface area contributed by atoms with Crippen molar-refractivity contribution in [3.63, 3.8) is 0 Å². The number of nitrogens with one attached hydrogen (secondary N) is 1. The Labute approximate surface area is 195 Å². The van der Waals surface area contributed by atoms with Gasteiger partial charge in [-0.05, 0) is 76.9 Å². The molecule has 0 aliphatic carbocycles. The van der Waals surface area contributed by atoms with Gasteiger partial charge in [0.15, 0.2) is 5.96 Å². The van der Waals surface area contributed by atoms with Crippen molar-refractivity contribution in [1.29, 1.82) is 0 Å². The number of hydrogen-bond donors (Lipinski definition) is 2. The molecule has 0 aromatic heterocycles. The van der Waals surface area contributed by atoms with E-state index in [-0.39, 0.29) is 35.8 Å².